The lowest BCUT2D eigenvalue weighted by Gasteiger charge is -2.38. The standard InChI is InChI=1S/C16H24N2O2/c1-12(18(13(2)19)16(3,4)5)15(20)17-11-14-9-7-6-8-10-14/h6-10,12H,11H2,1-5H3,(H,17,20)/t12-/m0/s1. The van der Waals surface area contributed by atoms with Crippen LogP contribution >= 0.6 is 0 Å². The highest BCUT2D eigenvalue weighted by Gasteiger charge is 2.32. The van der Waals surface area contributed by atoms with E-state index in [0.717, 1.165) is 5.56 Å². The molecule has 0 saturated heterocycles. The van der Waals surface area contributed by atoms with Crippen LogP contribution in [0.1, 0.15) is 40.2 Å². The van der Waals surface area contributed by atoms with Gasteiger partial charge in [-0.15, -0.1) is 0 Å². The molecular weight excluding hydrogens is 252 g/mol. The molecule has 0 radical (unpaired) electrons. The minimum Gasteiger partial charge on any atom is -0.350 e. The fourth-order valence-corrected chi connectivity index (χ4v) is 2.38. The summed E-state index contributed by atoms with van der Waals surface area (Å²) >= 11 is 0. The van der Waals surface area contributed by atoms with Crippen molar-refractivity contribution < 1.29 is 9.59 Å². The molecule has 1 aromatic carbocycles. The maximum atomic E-state index is 12.2. The van der Waals surface area contributed by atoms with Crippen molar-refractivity contribution in [3.8, 4) is 0 Å². The minimum absolute atomic E-state index is 0.0974. The Morgan fingerprint density at radius 2 is 1.75 bits per heavy atom. The van der Waals surface area contributed by atoms with E-state index in [4.69, 9.17) is 0 Å². The Bertz CT molecular complexity index is 463. The third kappa shape index (κ3) is 4.37. The molecule has 0 spiro atoms. The first-order valence-electron chi connectivity index (χ1n) is 6.85. The number of hydrogen-bond donors (Lipinski definition) is 1. The summed E-state index contributed by atoms with van der Waals surface area (Å²) in [5, 5.41) is 2.87. The van der Waals surface area contributed by atoms with E-state index in [9.17, 15) is 9.59 Å². The van der Waals surface area contributed by atoms with Crippen LogP contribution in [0.15, 0.2) is 30.3 Å². The first-order valence-corrected chi connectivity index (χ1v) is 6.85. The molecule has 0 aliphatic heterocycles. The van der Waals surface area contributed by atoms with Gasteiger partial charge in [0.25, 0.3) is 0 Å². The highest BCUT2D eigenvalue weighted by atomic mass is 16.2. The Morgan fingerprint density at radius 3 is 2.20 bits per heavy atom. The van der Waals surface area contributed by atoms with Crippen molar-refractivity contribution in [1.82, 2.24) is 10.2 Å². The second-order valence-electron chi connectivity index (χ2n) is 5.94. The number of carbonyl (C=O) groups is 2. The Balaban J connectivity index is 2.68. The molecule has 20 heavy (non-hydrogen) atoms. The average molecular weight is 276 g/mol. The van der Waals surface area contributed by atoms with Crippen molar-refractivity contribution in [2.45, 2.75) is 52.7 Å². The van der Waals surface area contributed by atoms with Gasteiger partial charge < -0.3 is 10.2 Å². The fourth-order valence-electron chi connectivity index (χ4n) is 2.38. The topological polar surface area (TPSA) is 49.4 Å². The summed E-state index contributed by atoms with van der Waals surface area (Å²) in [5.74, 6) is -0.237. The van der Waals surface area contributed by atoms with Gasteiger partial charge >= 0.3 is 0 Å². The molecule has 0 aliphatic rings. The molecule has 0 aliphatic carbocycles. The van der Waals surface area contributed by atoms with Crippen molar-refractivity contribution >= 4 is 11.8 Å². The lowest BCUT2D eigenvalue weighted by molar-refractivity contribution is -0.143. The Kier molecular flexibility index (Phi) is 5.31. The average Bonchev–Trinajstić information content (AvgIpc) is 2.34. The first kappa shape index (κ1) is 16.2. The van der Waals surface area contributed by atoms with E-state index < -0.39 is 6.04 Å². The zero-order chi connectivity index (χ0) is 15.3. The van der Waals surface area contributed by atoms with Gasteiger partial charge in [0.15, 0.2) is 0 Å². The van der Waals surface area contributed by atoms with Gasteiger partial charge in [-0.3, -0.25) is 9.59 Å². The summed E-state index contributed by atoms with van der Waals surface area (Å²) in [6.45, 7) is 9.50. The molecule has 1 N–H and O–H groups in total. The van der Waals surface area contributed by atoms with Gasteiger partial charge in [-0.1, -0.05) is 30.3 Å². The molecule has 4 heteroatoms. The van der Waals surface area contributed by atoms with Gasteiger partial charge in [0.05, 0.1) is 0 Å². The number of hydrogen-bond acceptors (Lipinski definition) is 2. The summed E-state index contributed by atoms with van der Waals surface area (Å²) < 4.78 is 0. The van der Waals surface area contributed by atoms with Gasteiger partial charge in [-0.2, -0.15) is 0 Å². The van der Waals surface area contributed by atoms with E-state index >= 15 is 0 Å². The molecule has 1 rings (SSSR count). The van der Waals surface area contributed by atoms with Crippen LogP contribution in [0.4, 0.5) is 0 Å². The molecule has 0 aromatic heterocycles. The second kappa shape index (κ2) is 6.55. The summed E-state index contributed by atoms with van der Waals surface area (Å²) in [6.07, 6.45) is 0. The Morgan fingerprint density at radius 1 is 1.20 bits per heavy atom. The zero-order valence-corrected chi connectivity index (χ0v) is 12.9. The highest BCUT2D eigenvalue weighted by molar-refractivity contribution is 5.86. The first-order chi connectivity index (χ1) is 9.23. The molecule has 0 fully saturated rings. The monoisotopic (exact) mass is 276 g/mol. The number of amides is 2. The molecule has 2 amide bonds. The van der Waals surface area contributed by atoms with Crippen LogP contribution in [0.25, 0.3) is 0 Å². The largest absolute Gasteiger partial charge is 0.350 e. The molecule has 1 aromatic rings. The smallest absolute Gasteiger partial charge is 0.242 e. The van der Waals surface area contributed by atoms with Crippen LogP contribution in [0, 0.1) is 0 Å². The van der Waals surface area contributed by atoms with Crippen LogP contribution < -0.4 is 5.32 Å². The van der Waals surface area contributed by atoms with Crippen molar-refractivity contribution in [2.75, 3.05) is 0 Å². The van der Waals surface area contributed by atoms with E-state index in [1.807, 2.05) is 51.1 Å². The lowest BCUT2D eigenvalue weighted by Crippen LogP contribution is -2.55. The predicted octanol–water partition coefficient (Wildman–Crippen LogP) is 2.34. The summed E-state index contributed by atoms with van der Waals surface area (Å²) in [6, 6.07) is 9.22. The molecule has 0 heterocycles. The number of rotatable bonds is 4. The van der Waals surface area contributed by atoms with Crippen molar-refractivity contribution in [3.05, 3.63) is 35.9 Å². The van der Waals surface area contributed by atoms with Gasteiger partial charge in [0.2, 0.25) is 11.8 Å². The van der Waals surface area contributed by atoms with E-state index in [0.29, 0.717) is 6.54 Å². The van der Waals surface area contributed by atoms with Crippen molar-refractivity contribution in [2.24, 2.45) is 0 Å². The molecular formula is C16H24N2O2. The fraction of sp³-hybridized carbons (Fsp3) is 0.500. The van der Waals surface area contributed by atoms with Crippen molar-refractivity contribution in [1.29, 1.82) is 0 Å². The third-order valence-electron chi connectivity index (χ3n) is 3.14. The summed E-state index contributed by atoms with van der Waals surface area (Å²) in [4.78, 5) is 25.6. The molecule has 0 bridgehead atoms. The van der Waals surface area contributed by atoms with E-state index in [2.05, 4.69) is 5.32 Å². The normalized spacial score (nSPS) is 12.7. The highest BCUT2D eigenvalue weighted by Crippen LogP contribution is 2.17. The van der Waals surface area contributed by atoms with E-state index in [1.165, 1.54) is 6.92 Å². The second-order valence-corrected chi connectivity index (χ2v) is 5.94. The number of nitrogens with zero attached hydrogens (tertiary/aromatic N) is 1. The van der Waals surface area contributed by atoms with E-state index in [-0.39, 0.29) is 17.4 Å². The van der Waals surface area contributed by atoms with Gasteiger partial charge in [0, 0.05) is 19.0 Å². The van der Waals surface area contributed by atoms with Crippen LogP contribution in [0.3, 0.4) is 0 Å². The number of carbonyl (C=O) groups excluding carboxylic acids is 2. The predicted molar refractivity (Wildman–Crippen MR) is 80.0 cm³/mol. The van der Waals surface area contributed by atoms with Gasteiger partial charge in [-0.05, 0) is 33.3 Å². The quantitative estimate of drug-likeness (QED) is 0.917. The minimum atomic E-state index is -0.490. The molecule has 0 saturated carbocycles. The van der Waals surface area contributed by atoms with Crippen LogP contribution in [-0.2, 0) is 16.1 Å². The van der Waals surface area contributed by atoms with E-state index in [1.54, 1.807) is 11.8 Å². The Hall–Kier alpha value is -1.84. The molecule has 1 atom stereocenters. The maximum Gasteiger partial charge on any atom is 0.242 e. The van der Waals surface area contributed by atoms with Crippen LogP contribution in [0.2, 0.25) is 0 Å². The summed E-state index contributed by atoms with van der Waals surface area (Å²) in [5.41, 5.74) is 0.660. The SMILES string of the molecule is CC(=O)N([C@@H](C)C(=O)NCc1ccccc1)C(C)(C)C. The maximum absolute atomic E-state index is 12.2. The van der Waals surface area contributed by atoms with Crippen molar-refractivity contribution in [3.63, 3.8) is 0 Å². The summed E-state index contributed by atoms with van der Waals surface area (Å²) in [7, 11) is 0. The Labute approximate surface area is 121 Å². The number of nitrogens with one attached hydrogen (secondary N) is 1. The molecule has 110 valence electrons. The zero-order valence-electron chi connectivity index (χ0n) is 12.9. The number of benzene rings is 1. The molecule has 0 unspecified atom stereocenters. The lowest BCUT2D eigenvalue weighted by atomic mass is 10.0. The third-order valence-corrected chi connectivity index (χ3v) is 3.14. The van der Waals surface area contributed by atoms with Crippen LogP contribution in [0.5, 0.6) is 0 Å². The molecule has 4 nitrogen and oxygen atoms in total. The van der Waals surface area contributed by atoms with Gasteiger partial charge in [0.1, 0.15) is 6.04 Å². The van der Waals surface area contributed by atoms with Crippen LogP contribution in [-0.4, -0.2) is 28.3 Å². The van der Waals surface area contributed by atoms with Gasteiger partial charge in [-0.25, -0.2) is 0 Å².